The molecule has 52 heavy (non-hydrogen) atoms. The van der Waals surface area contributed by atoms with E-state index in [1.165, 1.54) is 65.8 Å². The molecule has 0 spiro atoms. The molecule has 2 heterocycles. The predicted octanol–water partition coefficient (Wildman–Crippen LogP) is 11.6. The second-order valence-electron chi connectivity index (χ2n) is 14.8. The molecule has 2 aliphatic rings. The molecule has 0 fully saturated rings. The van der Waals surface area contributed by atoms with Gasteiger partial charge in [0.2, 0.25) is 0 Å². The molecule has 0 amide bonds. The largest absolute Gasteiger partial charge is 0.456 e. The number of para-hydroxylation sites is 1. The molecule has 248 valence electrons. The van der Waals surface area contributed by atoms with Crippen LogP contribution in [0.2, 0.25) is 0 Å². The van der Waals surface area contributed by atoms with Crippen LogP contribution in [0.1, 0.15) is 31.4 Å². The van der Waals surface area contributed by atoms with Gasteiger partial charge < -0.3 is 13.7 Å². The van der Waals surface area contributed by atoms with Crippen LogP contribution < -0.4 is 15.5 Å². The molecule has 9 aromatic rings. The Morgan fingerprint density at radius 1 is 0.558 bits per heavy atom. The van der Waals surface area contributed by atoms with Gasteiger partial charge in [-0.15, -0.1) is 0 Å². The van der Waals surface area contributed by atoms with Crippen molar-refractivity contribution in [2.75, 3.05) is 4.90 Å². The molecule has 1 atom stereocenters. The highest BCUT2D eigenvalue weighted by Gasteiger charge is 2.36. The van der Waals surface area contributed by atoms with Crippen molar-refractivity contribution in [3.05, 3.63) is 167 Å². The molecule has 0 N–H and O–H groups in total. The first kappa shape index (κ1) is 29.4. The molecule has 7 aromatic carbocycles. The lowest BCUT2D eigenvalue weighted by Gasteiger charge is -2.33. The predicted molar refractivity (Wildman–Crippen MR) is 216 cm³/mol. The number of anilines is 2. The topological polar surface area (TPSA) is 29.5 Å². The van der Waals surface area contributed by atoms with Crippen molar-refractivity contribution in [2.45, 2.75) is 31.7 Å². The first-order chi connectivity index (χ1) is 25.5. The SMILES string of the molecule is CC1(C)c2ccccc2-c2cc(N(c3ccc(-c4ccc5oc6ccc7ccccc7c6c5c4)cc3)C3C=c4oc5ccccc5c4=CC3)ccc21. The molecule has 3 heteroatoms. The second kappa shape index (κ2) is 10.8. The normalized spacial score (nSPS) is 15.7. The molecule has 3 nitrogen and oxygen atoms in total. The van der Waals surface area contributed by atoms with Crippen LogP contribution in [0.4, 0.5) is 11.4 Å². The number of nitrogens with zero attached hydrogens (tertiary/aromatic N) is 1. The number of rotatable bonds is 4. The Kier molecular flexibility index (Phi) is 6.13. The Morgan fingerprint density at radius 2 is 1.27 bits per heavy atom. The summed E-state index contributed by atoms with van der Waals surface area (Å²) >= 11 is 0. The summed E-state index contributed by atoms with van der Waals surface area (Å²) in [6.07, 6.45) is 5.54. The minimum atomic E-state index is -0.0431. The minimum absolute atomic E-state index is 0.0431. The zero-order chi connectivity index (χ0) is 34.6. The summed E-state index contributed by atoms with van der Waals surface area (Å²) in [6, 6.07) is 52.8. The van der Waals surface area contributed by atoms with Crippen LogP contribution in [-0.2, 0) is 5.41 Å². The summed E-state index contributed by atoms with van der Waals surface area (Å²) in [7, 11) is 0. The van der Waals surface area contributed by atoms with Gasteiger partial charge >= 0.3 is 0 Å². The van der Waals surface area contributed by atoms with E-state index < -0.39 is 0 Å². The number of fused-ring (bicyclic) bond motifs is 11. The fourth-order valence-corrected chi connectivity index (χ4v) is 9.01. The monoisotopic (exact) mass is 669 g/mol. The van der Waals surface area contributed by atoms with E-state index in [4.69, 9.17) is 8.83 Å². The zero-order valence-electron chi connectivity index (χ0n) is 29.1. The highest BCUT2D eigenvalue weighted by molar-refractivity contribution is 6.19. The van der Waals surface area contributed by atoms with E-state index in [2.05, 4.69) is 170 Å². The van der Waals surface area contributed by atoms with Gasteiger partial charge in [-0.25, -0.2) is 0 Å². The van der Waals surface area contributed by atoms with Crippen LogP contribution >= 0.6 is 0 Å². The van der Waals surface area contributed by atoms with E-state index >= 15 is 0 Å². The van der Waals surface area contributed by atoms with Crippen LogP contribution in [0, 0.1) is 0 Å². The molecule has 0 radical (unpaired) electrons. The highest BCUT2D eigenvalue weighted by atomic mass is 16.3. The third-order valence-electron chi connectivity index (χ3n) is 11.6. The first-order valence-electron chi connectivity index (χ1n) is 18.2. The molecular formula is C49H35NO2. The van der Waals surface area contributed by atoms with E-state index in [0.29, 0.717) is 0 Å². The van der Waals surface area contributed by atoms with Crippen LogP contribution in [0.25, 0.3) is 78.1 Å². The van der Waals surface area contributed by atoms with Crippen molar-refractivity contribution in [2.24, 2.45) is 0 Å². The molecule has 0 saturated heterocycles. The van der Waals surface area contributed by atoms with Crippen molar-refractivity contribution in [1.29, 1.82) is 0 Å². The lowest BCUT2D eigenvalue weighted by atomic mass is 9.82. The molecule has 0 saturated carbocycles. The molecule has 0 bridgehead atoms. The Bertz CT molecular complexity index is 3030. The molecule has 11 rings (SSSR count). The Morgan fingerprint density at radius 3 is 2.17 bits per heavy atom. The van der Waals surface area contributed by atoms with Gasteiger partial charge in [-0.2, -0.15) is 0 Å². The fraction of sp³-hybridized carbons (Fsp3) is 0.102. The van der Waals surface area contributed by atoms with Crippen LogP contribution in [0.15, 0.2) is 154 Å². The van der Waals surface area contributed by atoms with Gasteiger partial charge in [0.05, 0.1) is 6.04 Å². The minimum Gasteiger partial charge on any atom is -0.456 e. The van der Waals surface area contributed by atoms with Gasteiger partial charge in [-0.1, -0.05) is 117 Å². The van der Waals surface area contributed by atoms with Crippen molar-refractivity contribution >= 4 is 67.2 Å². The summed E-state index contributed by atoms with van der Waals surface area (Å²) in [5.74, 6) is 0. The maximum absolute atomic E-state index is 6.43. The Labute approximate surface area is 301 Å². The van der Waals surface area contributed by atoms with Gasteiger partial charge in [0.1, 0.15) is 22.2 Å². The van der Waals surface area contributed by atoms with Gasteiger partial charge in [0, 0.05) is 38.2 Å². The average Bonchev–Trinajstić information content (AvgIpc) is 3.82. The summed E-state index contributed by atoms with van der Waals surface area (Å²) < 4.78 is 12.7. The van der Waals surface area contributed by atoms with Gasteiger partial charge in [0.15, 0.2) is 0 Å². The molecule has 1 unspecified atom stereocenters. The van der Waals surface area contributed by atoms with Crippen molar-refractivity contribution in [3.63, 3.8) is 0 Å². The van der Waals surface area contributed by atoms with Gasteiger partial charge in [-0.3, -0.25) is 0 Å². The standard InChI is InChI=1S/C49H35NO2/c1-49(2)42-13-7-5-11-37(42)40-28-34(22-24-43(40)49)50(35-21-23-39-38-12-6-8-14-44(38)52-47(39)29-35)33-19-15-30(16-20-33)32-18-25-45-41(27-32)48-36-10-4-3-9-31(36)17-26-46(48)51-45/h3-20,22-29,35H,21H2,1-2H3. The van der Waals surface area contributed by atoms with Crippen molar-refractivity contribution < 1.29 is 8.83 Å². The lowest BCUT2D eigenvalue weighted by Crippen LogP contribution is -2.36. The van der Waals surface area contributed by atoms with E-state index in [1.54, 1.807) is 0 Å². The quantitative estimate of drug-likeness (QED) is 0.187. The molecular weight excluding hydrogens is 635 g/mol. The van der Waals surface area contributed by atoms with E-state index in [0.717, 1.165) is 39.7 Å². The van der Waals surface area contributed by atoms with E-state index in [-0.39, 0.29) is 11.5 Å². The maximum Gasteiger partial charge on any atom is 0.136 e. The van der Waals surface area contributed by atoms with Crippen LogP contribution in [0.5, 0.6) is 0 Å². The smallest absolute Gasteiger partial charge is 0.136 e. The van der Waals surface area contributed by atoms with Crippen LogP contribution in [-0.4, -0.2) is 6.04 Å². The highest BCUT2D eigenvalue weighted by Crippen LogP contribution is 2.50. The number of hydrogen-bond donors (Lipinski definition) is 0. The number of benzene rings is 7. The third kappa shape index (κ3) is 4.26. The summed E-state index contributed by atoms with van der Waals surface area (Å²) in [4.78, 5) is 2.49. The molecule has 2 aromatic heterocycles. The molecule has 0 aliphatic heterocycles. The fourth-order valence-electron chi connectivity index (χ4n) is 9.01. The zero-order valence-corrected chi connectivity index (χ0v) is 29.1. The number of furan rings is 2. The van der Waals surface area contributed by atoms with E-state index in [1.807, 2.05) is 6.07 Å². The van der Waals surface area contributed by atoms with Gasteiger partial charge in [0.25, 0.3) is 0 Å². The lowest BCUT2D eigenvalue weighted by molar-refractivity contribution is 0.568. The Hall–Kier alpha value is -6.32. The first-order valence-corrected chi connectivity index (χ1v) is 18.2. The summed E-state index contributed by atoms with van der Waals surface area (Å²) in [6.45, 7) is 4.68. The average molecular weight is 670 g/mol. The second-order valence-corrected chi connectivity index (χ2v) is 14.8. The van der Waals surface area contributed by atoms with Gasteiger partial charge in [-0.05, 0) is 105 Å². The summed E-state index contributed by atoms with van der Waals surface area (Å²) in [5.41, 5.74) is 13.7. The van der Waals surface area contributed by atoms with E-state index in [9.17, 15) is 0 Å². The summed E-state index contributed by atoms with van der Waals surface area (Å²) in [5, 5.41) is 7.13. The number of hydrogen-bond acceptors (Lipinski definition) is 3. The van der Waals surface area contributed by atoms with Crippen molar-refractivity contribution in [1.82, 2.24) is 0 Å². The Balaban J connectivity index is 1.04. The molecule has 2 aliphatic carbocycles. The van der Waals surface area contributed by atoms with Crippen LogP contribution in [0.3, 0.4) is 0 Å². The third-order valence-corrected chi connectivity index (χ3v) is 11.6. The van der Waals surface area contributed by atoms with Crippen molar-refractivity contribution in [3.8, 4) is 22.3 Å². The maximum atomic E-state index is 6.43.